The van der Waals surface area contributed by atoms with Gasteiger partial charge >= 0.3 is 0 Å². The molecule has 1 amide bonds. The Kier molecular flexibility index (Phi) is 4.56. The van der Waals surface area contributed by atoms with E-state index in [4.69, 9.17) is 0 Å². The number of nitrogens with one attached hydrogen (secondary N) is 1. The van der Waals surface area contributed by atoms with Crippen molar-refractivity contribution in [3.8, 4) is 0 Å². The summed E-state index contributed by atoms with van der Waals surface area (Å²) >= 11 is 0. The fourth-order valence-corrected chi connectivity index (χ4v) is 2.22. The number of carbonyl (C=O) groups excluding carboxylic acids is 1. The standard InChI is InChI=1S/C17H18N2O3/c1-11-4-6-14(7-5-11)13(3)18-17(20)15-8-9-16(19(21)22)12(2)10-15/h4-10,13H,1-3H3,(H,18,20). The Morgan fingerprint density at radius 3 is 2.32 bits per heavy atom. The second-order valence-electron chi connectivity index (χ2n) is 5.36. The Bertz CT molecular complexity index is 708. The van der Waals surface area contributed by atoms with E-state index in [2.05, 4.69) is 5.32 Å². The molecule has 2 rings (SSSR count). The Labute approximate surface area is 129 Å². The maximum Gasteiger partial charge on any atom is 0.272 e. The van der Waals surface area contributed by atoms with E-state index >= 15 is 0 Å². The summed E-state index contributed by atoms with van der Waals surface area (Å²) < 4.78 is 0. The van der Waals surface area contributed by atoms with Crippen molar-refractivity contribution in [3.63, 3.8) is 0 Å². The Balaban J connectivity index is 2.13. The van der Waals surface area contributed by atoms with Gasteiger partial charge in [0, 0.05) is 17.2 Å². The number of nitro benzene ring substituents is 1. The summed E-state index contributed by atoms with van der Waals surface area (Å²) in [6, 6.07) is 12.2. The molecule has 5 nitrogen and oxygen atoms in total. The molecule has 0 spiro atoms. The maximum absolute atomic E-state index is 12.2. The van der Waals surface area contributed by atoms with Crippen molar-refractivity contribution in [2.24, 2.45) is 0 Å². The molecule has 0 saturated heterocycles. The molecule has 1 atom stereocenters. The normalized spacial score (nSPS) is 11.8. The average molecular weight is 298 g/mol. The fraction of sp³-hybridized carbons (Fsp3) is 0.235. The van der Waals surface area contributed by atoms with Crippen molar-refractivity contribution < 1.29 is 9.72 Å². The number of hydrogen-bond donors (Lipinski definition) is 1. The van der Waals surface area contributed by atoms with Gasteiger partial charge in [-0.3, -0.25) is 14.9 Å². The summed E-state index contributed by atoms with van der Waals surface area (Å²) in [7, 11) is 0. The van der Waals surface area contributed by atoms with Gasteiger partial charge in [0.05, 0.1) is 11.0 Å². The van der Waals surface area contributed by atoms with E-state index in [-0.39, 0.29) is 17.6 Å². The highest BCUT2D eigenvalue weighted by molar-refractivity contribution is 5.95. The number of benzene rings is 2. The SMILES string of the molecule is Cc1ccc(C(C)NC(=O)c2ccc([N+](=O)[O-])c(C)c2)cc1. The summed E-state index contributed by atoms with van der Waals surface area (Å²) in [5.74, 6) is -0.244. The van der Waals surface area contributed by atoms with Gasteiger partial charge < -0.3 is 5.32 Å². The highest BCUT2D eigenvalue weighted by Gasteiger charge is 2.15. The van der Waals surface area contributed by atoms with Gasteiger partial charge in [0.25, 0.3) is 11.6 Å². The van der Waals surface area contributed by atoms with Crippen molar-refractivity contribution >= 4 is 11.6 Å². The van der Waals surface area contributed by atoms with Crippen LogP contribution in [0.25, 0.3) is 0 Å². The number of hydrogen-bond acceptors (Lipinski definition) is 3. The predicted octanol–water partition coefficient (Wildman–Crippen LogP) is 3.70. The van der Waals surface area contributed by atoms with Crippen molar-refractivity contribution in [3.05, 3.63) is 74.8 Å². The third-order valence-electron chi connectivity index (χ3n) is 3.58. The van der Waals surface area contributed by atoms with Gasteiger partial charge in [0.15, 0.2) is 0 Å². The van der Waals surface area contributed by atoms with Crippen LogP contribution in [0.3, 0.4) is 0 Å². The summed E-state index contributed by atoms with van der Waals surface area (Å²) in [4.78, 5) is 22.6. The zero-order chi connectivity index (χ0) is 16.3. The quantitative estimate of drug-likeness (QED) is 0.691. The molecule has 0 saturated carbocycles. The molecule has 0 aliphatic heterocycles. The molecule has 5 heteroatoms. The van der Waals surface area contributed by atoms with Gasteiger partial charge in [-0.05, 0) is 38.5 Å². The molecule has 0 fully saturated rings. The second kappa shape index (κ2) is 6.39. The Morgan fingerprint density at radius 1 is 1.14 bits per heavy atom. The number of carbonyl (C=O) groups is 1. The Hall–Kier alpha value is -2.69. The lowest BCUT2D eigenvalue weighted by molar-refractivity contribution is -0.385. The lowest BCUT2D eigenvalue weighted by Gasteiger charge is -2.15. The first kappa shape index (κ1) is 15.7. The van der Waals surface area contributed by atoms with Crippen LogP contribution in [0.15, 0.2) is 42.5 Å². The molecule has 2 aromatic carbocycles. The highest BCUT2D eigenvalue weighted by Crippen LogP contribution is 2.20. The molecular formula is C17H18N2O3. The summed E-state index contributed by atoms with van der Waals surface area (Å²) in [6.45, 7) is 5.53. The number of nitro groups is 1. The molecule has 22 heavy (non-hydrogen) atoms. The molecular weight excluding hydrogens is 280 g/mol. The van der Waals surface area contributed by atoms with Crippen molar-refractivity contribution in [1.82, 2.24) is 5.32 Å². The number of rotatable bonds is 4. The van der Waals surface area contributed by atoms with Gasteiger partial charge in [0.2, 0.25) is 0 Å². The third kappa shape index (κ3) is 3.49. The van der Waals surface area contributed by atoms with E-state index in [0.29, 0.717) is 11.1 Å². The minimum absolute atomic E-state index is 0.0168. The minimum Gasteiger partial charge on any atom is -0.346 e. The zero-order valence-electron chi connectivity index (χ0n) is 12.8. The van der Waals surface area contributed by atoms with E-state index in [0.717, 1.165) is 11.1 Å². The Morgan fingerprint density at radius 2 is 1.77 bits per heavy atom. The van der Waals surface area contributed by atoms with Crippen molar-refractivity contribution in [2.75, 3.05) is 0 Å². The molecule has 1 unspecified atom stereocenters. The molecule has 0 bridgehead atoms. The fourth-order valence-electron chi connectivity index (χ4n) is 2.22. The summed E-state index contributed by atoms with van der Waals surface area (Å²) in [5, 5.41) is 13.7. The minimum atomic E-state index is -0.452. The van der Waals surface area contributed by atoms with E-state index < -0.39 is 4.92 Å². The van der Waals surface area contributed by atoms with E-state index in [1.807, 2.05) is 38.1 Å². The number of amides is 1. The van der Waals surface area contributed by atoms with Crippen LogP contribution in [-0.4, -0.2) is 10.8 Å². The number of aryl methyl sites for hydroxylation is 2. The van der Waals surface area contributed by atoms with Crippen LogP contribution in [0.2, 0.25) is 0 Å². The van der Waals surface area contributed by atoms with Crippen molar-refractivity contribution in [1.29, 1.82) is 0 Å². The van der Waals surface area contributed by atoms with Gasteiger partial charge in [-0.25, -0.2) is 0 Å². The molecule has 114 valence electrons. The molecule has 0 radical (unpaired) electrons. The maximum atomic E-state index is 12.2. The van der Waals surface area contributed by atoms with Gasteiger partial charge in [0.1, 0.15) is 0 Å². The zero-order valence-corrected chi connectivity index (χ0v) is 12.8. The largest absolute Gasteiger partial charge is 0.346 e. The van der Waals surface area contributed by atoms with Gasteiger partial charge in [-0.2, -0.15) is 0 Å². The average Bonchev–Trinajstić information content (AvgIpc) is 2.47. The lowest BCUT2D eigenvalue weighted by Crippen LogP contribution is -2.26. The predicted molar refractivity (Wildman–Crippen MR) is 84.9 cm³/mol. The summed E-state index contributed by atoms with van der Waals surface area (Å²) in [6.07, 6.45) is 0. The van der Waals surface area contributed by atoms with Crippen LogP contribution in [0.4, 0.5) is 5.69 Å². The van der Waals surface area contributed by atoms with Crippen LogP contribution in [-0.2, 0) is 0 Å². The second-order valence-corrected chi connectivity index (χ2v) is 5.36. The highest BCUT2D eigenvalue weighted by atomic mass is 16.6. The first-order chi connectivity index (χ1) is 10.4. The van der Waals surface area contributed by atoms with E-state index in [1.165, 1.54) is 18.2 Å². The lowest BCUT2D eigenvalue weighted by atomic mass is 10.1. The van der Waals surface area contributed by atoms with Crippen molar-refractivity contribution in [2.45, 2.75) is 26.8 Å². The van der Waals surface area contributed by atoms with Crippen LogP contribution in [0, 0.1) is 24.0 Å². The van der Waals surface area contributed by atoms with Gasteiger partial charge in [-0.15, -0.1) is 0 Å². The van der Waals surface area contributed by atoms with Gasteiger partial charge in [-0.1, -0.05) is 29.8 Å². The van der Waals surface area contributed by atoms with Crippen LogP contribution in [0.5, 0.6) is 0 Å². The van der Waals surface area contributed by atoms with Crippen LogP contribution < -0.4 is 5.32 Å². The van der Waals surface area contributed by atoms with E-state index in [1.54, 1.807) is 6.92 Å². The summed E-state index contributed by atoms with van der Waals surface area (Å²) in [5.41, 5.74) is 3.08. The first-order valence-corrected chi connectivity index (χ1v) is 7.01. The monoisotopic (exact) mass is 298 g/mol. The molecule has 0 heterocycles. The topological polar surface area (TPSA) is 72.2 Å². The molecule has 0 aliphatic rings. The van der Waals surface area contributed by atoms with Crippen LogP contribution >= 0.6 is 0 Å². The smallest absolute Gasteiger partial charge is 0.272 e. The molecule has 0 aromatic heterocycles. The number of nitrogens with zero attached hydrogens (tertiary/aromatic N) is 1. The molecule has 0 aliphatic carbocycles. The molecule has 2 aromatic rings. The van der Waals surface area contributed by atoms with E-state index in [9.17, 15) is 14.9 Å². The molecule has 1 N–H and O–H groups in total. The third-order valence-corrected chi connectivity index (χ3v) is 3.58. The van der Waals surface area contributed by atoms with Crippen LogP contribution in [0.1, 0.15) is 40.0 Å². The first-order valence-electron chi connectivity index (χ1n) is 7.01.